The summed E-state index contributed by atoms with van der Waals surface area (Å²) in [5.74, 6) is 0.872. The highest BCUT2D eigenvalue weighted by molar-refractivity contribution is 7.91. The molecule has 2 saturated heterocycles. The van der Waals surface area contributed by atoms with Crippen molar-refractivity contribution in [3.63, 3.8) is 0 Å². The molecular weight excluding hydrogens is 1090 g/mol. The second-order valence-electron chi connectivity index (χ2n) is 24.4. The van der Waals surface area contributed by atoms with E-state index in [-0.39, 0.29) is 62.5 Å². The number of aromatic nitrogens is 4. The van der Waals surface area contributed by atoms with Gasteiger partial charge >= 0.3 is 18.3 Å². The lowest BCUT2D eigenvalue weighted by molar-refractivity contribution is -0.0735. The molecule has 3 fully saturated rings. The molecule has 2 aliphatic heterocycles. The summed E-state index contributed by atoms with van der Waals surface area (Å²) < 4.78 is 54.1. The van der Waals surface area contributed by atoms with Gasteiger partial charge in [0, 0.05) is 101 Å². The van der Waals surface area contributed by atoms with E-state index in [2.05, 4.69) is 28.6 Å². The molecule has 1 saturated carbocycles. The van der Waals surface area contributed by atoms with Gasteiger partial charge in [0.15, 0.2) is 5.60 Å². The Balaban J connectivity index is 0.992. The first-order valence-corrected chi connectivity index (χ1v) is 30.7. The normalized spacial score (nSPS) is 20.6. The zero-order chi connectivity index (χ0) is 59.7. The van der Waals surface area contributed by atoms with Crippen molar-refractivity contribution >= 4 is 56.1 Å². The van der Waals surface area contributed by atoms with E-state index in [1.807, 2.05) is 117 Å². The van der Waals surface area contributed by atoms with Crippen LogP contribution in [0, 0.1) is 5.92 Å². The highest BCUT2D eigenvalue weighted by Crippen LogP contribution is 2.45. The van der Waals surface area contributed by atoms with Crippen LogP contribution in [0.15, 0.2) is 126 Å². The van der Waals surface area contributed by atoms with Gasteiger partial charge in [-0.2, -0.15) is 0 Å². The molecule has 3 aromatic heterocycles. The number of nitrogens with one attached hydrogen (secondary N) is 1. The standard InChI is InChI=1S/C64H79N9O10S/c1-43-18-16-17-30-63(43,7)84(78,79)73-33-29-51-53(37-65-57(74)55(51)73)48-23-26-54-52(36-48)56(67-58(66-54)70-31-27-46(28-32-70)40-71-38-45(3)72(39-44(71)2)61(77)83-62(4,5)6)64(82-50-24-25-50,49-21-14-11-15-22-49)42-81-60(76)69(9)35-34-68(8)59(75)80-41-47-19-12-10-13-20-47/h10-23,26,29,33,36-37,44-46,50H,24-25,27-28,30-32,34-35,38-42H2,1-9H3,(H,65,74)/t44-,45+,63?,64?/m0/s1. The summed E-state index contributed by atoms with van der Waals surface area (Å²) in [6, 6.07) is 26.6. The van der Waals surface area contributed by atoms with E-state index in [4.69, 9.17) is 28.9 Å². The first-order chi connectivity index (χ1) is 40.0. The lowest BCUT2D eigenvalue weighted by Gasteiger charge is -2.46. The number of allylic oxidation sites excluding steroid dienone is 3. The van der Waals surface area contributed by atoms with Gasteiger partial charge in [-0.05, 0) is 121 Å². The number of carbonyl (C=O) groups excluding carboxylic acids is 3. The fraction of sp³-hybridized carbons (Fsp3) is 0.469. The summed E-state index contributed by atoms with van der Waals surface area (Å²) in [6.07, 6.45) is 10.4. The number of hydrogen-bond acceptors (Lipinski definition) is 14. The van der Waals surface area contributed by atoms with Crippen LogP contribution >= 0.6 is 0 Å². The lowest BCUT2D eigenvalue weighted by atomic mass is 9.87. The predicted molar refractivity (Wildman–Crippen MR) is 324 cm³/mol. The van der Waals surface area contributed by atoms with Gasteiger partial charge in [-0.15, -0.1) is 0 Å². The van der Waals surface area contributed by atoms with E-state index in [0.717, 1.165) is 48.3 Å². The topological polar surface area (TPSA) is 202 Å². The molecule has 6 aromatic rings. The number of amides is 3. The summed E-state index contributed by atoms with van der Waals surface area (Å²) in [7, 11) is -0.916. The van der Waals surface area contributed by atoms with Gasteiger partial charge in [-0.25, -0.2) is 36.7 Å². The number of anilines is 1. The van der Waals surface area contributed by atoms with Crippen molar-refractivity contribution in [1.29, 1.82) is 0 Å². The number of H-pyrrole nitrogens is 1. The van der Waals surface area contributed by atoms with Gasteiger partial charge in [-0.3, -0.25) is 9.69 Å². The van der Waals surface area contributed by atoms with Crippen molar-refractivity contribution in [2.45, 2.75) is 121 Å². The largest absolute Gasteiger partial charge is 0.446 e. The van der Waals surface area contributed by atoms with Crippen LogP contribution in [0.5, 0.6) is 0 Å². The van der Waals surface area contributed by atoms with Crippen LogP contribution in [0.3, 0.4) is 0 Å². The molecular formula is C64H79N9O10S. The van der Waals surface area contributed by atoms with Gasteiger partial charge < -0.3 is 43.5 Å². The predicted octanol–water partition coefficient (Wildman–Crippen LogP) is 10.1. The summed E-state index contributed by atoms with van der Waals surface area (Å²) in [5, 5.41) is 1.03. The average Bonchev–Trinajstić information content (AvgIpc) is 1.78. The first kappa shape index (κ1) is 59.6. The van der Waals surface area contributed by atoms with Crippen LogP contribution in [0.1, 0.15) is 97.4 Å². The summed E-state index contributed by atoms with van der Waals surface area (Å²) in [4.78, 5) is 77.4. The van der Waals surface area contributed by atoms with Crippen molar-refractivity contribution in [2.75, 3.05) is 71.4 Å². The van der Waals surface area contributed by atoms with Crippen molar-refractivity contribution in [3.8, 4) is 11.1 Å². The van der Waals surface area contributed by atoms with Crippen molar-refractivity contribution in [3.05, 3.63) is 148 Å². The van der Waals surface area contributed by atoms with E-state index < -0.39 is 43.7 Å². The highest BCUT2D eigenvalue weighted by atomic mass is 32.2. The summed E-state index contributed by atoms with van der Waals surface area (Å²) in [5.41, 5.74) is 1.88. The molecule has 19 nitrogen and oxygen atoms in total. The number of hydrogen-bond donors (Lipinski definition) is 1. The minimum absolute atomic E-state index is 0.000397. The third-order valence-corrected chi connectivity index (χ3v) is 19.4. The van der Waals surface area contributed by atoms with Gasteiger partial charge in [0.25, 0.3) is 5.56 Å². The Morgan fingerprint density at radius 2 is 1.51 bits per heavy atom. The monoisotopic (exact) mass is 1170 g/mol. The maximum Gasteiger partial charge on any atom is 0.410 e. The van der Waals surface area contributed by atoms with E-state index in [1.165, 1.54) is 16.0 Å². The Morgan fingerprint density at radius 3 is 2.18 bits per heavy atom. The molecule has 2 unspecified atom stereocenters. The molecule has 10 rings (SSSR count). The van der Waals surface area contributed by atoms with Crippen molar-refractivity contribution < 1.29 is 41.7 Å². The molecule has 1 N–H and O–H groups in total. The van der Waals surface area contributed by atoms with Crippen LogP contribution in [-0.4, -0.2) is 160 Å². The van der Waals surface area contributed by atoms with Crippen molar-refractivity contribution in [2.24, 2.45) is 5.92 Å². The fourth-order valence-electron chi connectivity index (χ4n) is 11.6. The lowest BCUT2D eigenvalue weighted by Crippen LogP contribution is -2.59. The smallest absolute Gasteiger partial charge is 0.410 e. The number of aromatic amines is 1. The molecule has 3 aromatic carbocycles. The molecule has 84 heavy (non-hydrogen) atoms. The van der Waals surface area contributed by atoms with Gasteiger partial charge in [0.1, 0.15) is 29.1 Å². The van der Waals surface area contributed by atoms with Crippen LogP contribution in [-0.2, 0) is 41.2 Å². The molecule has 4 aliphatic rings. The Morgan fingerprint density at radius 1 is 0.833 bits per heavy atom. The maximum absolute atomic E-state index is 14.7. The zero-order valence-corrected chi connectivity index (χ0v) is 50.6. The number of benzene rings is 3. The number of carbonyl (C=O) groups is 3. The Kier molecular flexibility index (Phi) is 17.2. The first-order valence-electron chi connectivity index (χ1n) is 29.2. The Labute approximate surface area is 492 Å². The fourth-order valence-corrected chi connectivity index (χ4v) is 13.4. The van der Waals surface area contributed by atoms with E-state index in [9.17, 15) is 27.6 Å². The molecule has 0 radical (unpaired) electrons. The van der Waals surface area contributed by atoms with E-state index in [0.29, 0.717) is 75.7 Å². The van der Waals surface area contributed by atoms with Crippen LogP contribution in [0.4, 0.5) is 20.3 Å². The molecule has 0 bridgehead atoms. The number of likely N-dealkylation sites (N-methyl/N-ethyl adjacent to an activating group) is 2. The van der Waals surface area contributed by atoms with E-state index in [1.54, 1.807) is 46.3 Å². The molecule has 446 valence electrons. The van der Waals surface area contributed by atoms with Gasteiger partial charge in [-0.1, -0.05) is 90.5 Å². The SMILES string of the molecule is CC1=CC=CCC1(C)S(=O)(=O)n1ccc2c(-c3ccc4nc(N5CCC(CN6C[C@@H](C)N(C(=O)OC(C)(C)C)C[C@@H]6C)CC5)nc(C(COC(=O)N(C)CCN(C)C(=O)OCc5ccccc5)(OC5CC5)c5ccccc5)c4c3)c[nH]c(=O)c21. The molecule has 0 spiro atoms. The van der Waals surface area contributed by atoms with Crippen LogP contribution in [0.2, 0.25) is 0 Å². The third kappa shape index (κ3) is 12.5. The number of piperidine rings is 1. The zero-order valence-electron chi connectivity index (χ0n) is 49.7. The Hall–Kier alpha value is -7.55. The highest BCUT2D eigenvalue weighted by Gasteiger charge is 2.47. The number of fused-ring (bicyclic) bond motifs is 2. The average molecular weight is 1170 g/mol. The number of ether oxygens (including phenoxy) is 4. The minimum atomic E-state index is -4.15. The molecule has 3 amide bonds. The third-order valence-electron chi connectivity index (χ3n) is 17.0. The van der Waals surface area contributed by atoms with Crippen molar-refractivity contribution in [1.82, 2.24) is 38.5 Å². The summed E-state index contributed by atoms with van der Waals surface area (Å²) in [6.45, 7) is 17.1. The van der Waals surface area contributed by atoms with Gasteiger partial charge in [0.05, 0.1) is 17.3 Å². The minimum Gasteiger partial charge on any atom is -0.446 e. The Bertz CT molecular complexity index is 3630. The molecule has 20 heteroatoms. The number of piperazine rings is 1. The number of nitrogens with zero attached hydrogens (tertiary/aromatic N) is 8. The molecule has 2 aliphatic carbocycles. The number of rotatable bonds is 17. The second-order valence-corrected chi connectivity index (χ2v) is 26.6. The molecule has 4 atom stereocenters. The van der Waals surface area contributed by atoms with E-state index >= 15 is 0 Å². The second kappa shape index (κ2) is 24.2. The quantitative estimate of drug-likeness (QED) is 0.0845. The van der Waals surface area contributed by atoms with Crippen LogP contribution < -0.4 is 10.5 Å². The molecule has 5 heterocycles. The maximum atomic E-state index is 14.7. The van der Waals surface area contributed by atoms with Crippen LogP contribution in [0.25, 0.3) is 32.9 Å². The summed E-state index contributed by atoms with van der Waals surface area (Å²) >= 11 is 0. The number of pyridine rings is 1. The van der Waals surface area contributed by atoms with Gasteiger partial charge in [0.2, 0.25) is 16.0 Å².